The maximum absolute atomic E-state index is 7.15. The first-order chi connectivity index (χ1) is 7.13. The predicted molar refractivity (Wildman–Crippen MR) is 63.7 cm³/mol. The summed E-state index contributed by atoms with van der Waals surface area (Å²) in [7, 11) is 0. The van der Waals surface area contributed by atoms with Crippen LogP contribution in [0.3, 0.4) is 0 Å². The summed E-state index contributed by atoms with van der Waals surface area (Å²) in [6.07, 6.45) is 2.06. The Bertz CT molecular complexity index is 372. The Kier molecular flexibility index (Phi) is 3.92. The molecule has 0 saturated carbocycles. The number of ether oxygens (including phenoxy) is 1. The van der Waals surface area contributed by atoms with Gasteiger partial charge >= 0.3 is 0 Å². The molecule has 3 nitrogen and oxygen atoms in total. The fourth-order valence-electron chi connectivity index (χ4n) is 1.11. The fraction of sp³-hybridized carbons (Fsp3) is 0.250. The smallest absolute Gasteiger partial charge is 0.120 e. The maximum Gasteiger partial charge on any atom is 0.120 e. The predicted octanol–water partition coefficient (Wildman–Crippen LogP) is 2.61. The molecule has 1 aromatic rings. The number of benzene rings is 1. The van der Waals surface area contributed by atoms with Gasteiger partial charge in [-0.2, -0.15) is 0 Å². The summed E-state index contributed by atoms with van der Waals surface area (Å²) >= 11 is 0. The second-order valence-corrected chi connectivity index (χ2v) is 3.49. The second-order valence-electron chi connectivity index (χ2n) is 3.49. The molecule has 0 atom stereocenters. The molecule has 0 saturated heterocycles. The van der Waals surface area contributed by atoms with E-state index in [0.29, 0.717) is 17.9 Å². The van der Waals surface area contributed by atoms with Crippen molar-refractivity contribution in [3.8, 4) is 5.75 Å². The standard InChI is InChI=1S/C12H16N2O/c1-9(2)5-6-15-11-3-4-12(14)10(7-11)8-13/h3-4,7-8,13H,1,5-6,14H2,2H3. The normalized spacial score (nSPS) is 9.67. The van der Waals surface area contributed by atoms with E-state index in [9.17, 15) is 0 Å². The first-order valence-corrected chi connectivity index (χ1v) is 4.80. The van der Waals surface area contributed by atoms with Gasteiger partial charge in [-0.25, -0.2) is 0 Å². The minimum absolute atomic E-state index is 0.595. The zero-order valence-corrected chi connectivity index (χ0v) is 8.92. The van der Waals surface area contributed by atoms with Crippen molar-refractivity contribution < 1.29 is 4.74 Å². The molecule has 0 aromatic heterocycles. The molecule has 3 heteroatoms. The number of rotatable bonds is 5. The molecule has 0 aliphatic heterocycles. The minimum atomic E-state index is 0.595. The molecule has 3 N–H and O–H groups in total. The van der Waals surface area contributed by atoms with Crippen LogP contribution in [-0.2, 0) is 0 Å². The van der Waals surface area contributed by atoms with Crippen LogP contribution in [0.15, 0.2) is 30.4 Å². The van der Waals surface area contributed by atoms with Crippen LogP contribution in [0, 0.1) is 5.41 Å². The van der Waals surface area contributed by atoms with Crippen molar-refractivity contribution in [1.82, 2.24) is 0 Å². The van der Waals surface area contributed by atoms with E-state index in [1.54, 1.807) is 18.2 Å². The zero-order valence-electron chi connectivity index (χ0n) is 8.92. The van der Waals surface area contributed by atoms with E-state index in [0.717, 1.165) is 17.7 Å². The lowest BCUT2D eigenvalue weighted by Crippen LogP contribution is -1.99. The quantitative estimate of drug-likeness (QED) is 0.440. The summed E-state index contributed by atoms with van der Waals surface area (Å²) in [6, 6.07) is 5.32. The summed E-state index contributed by atoms with van der Waals surface area (Å²) in [5.74, 6) is 0.740. The van der Waals surface area contributed by atoms with E-state index in [4.69, 9.17) is 15.9 Å². The average molecular weight is 204 g/mol. The van der Waals surface area contributed by atoms with Crippen LogP contribution in [0.2, 0.25) is 0 Å². The van der Waals surface area contributed by atoms with Crippen LogP contribution in [0.25, 0.3) is 0 Å². The highest BCUT2D eigenvalue weighted by atomic mass is 16.5. The lowest BCUT2D eigenvalue weighted by atomic mass is 10.2. The Morgan fingerprint density at radius 2 is 2.33 bits per heavy atom. The first-order valence-electron chi connectivity index (χ1n) is 4.80. The molecular weight excluding hydrogens is 188 g/mol. The topological polar surface area (TPSA) is 59.1 Å². The highest BCUT2D eigenvalue weighted by molar-refractivity contribution is 5.85. The van der Waals surface area contributed by atoms with Gasteiger partial charge in [-0.1, -0.05) is 5.57 Å². The molecule has 0 aliphatic rings. The molecule has 15 heavy (non-hydrogen) atoms. The number of hydrogen-bond acceptors (Lipinski definition) is 3. The molecule has 1 rings (SSSR count). The van der Waals surface area contributed by atoms with Gasteiger partial charge in [-0.3, -0.25) is 0 Å². The highest BCUT2D eigenvalue weighted by Gasteiger charge is 1.99. The Labute approximate surface area is 90.1 Å². The molecule has 0 unspecified atom stereocenters. The molecule has 0 radical (unpaired) electrons. The number of nitrogen functional groups attached to an aromatic ring is 1. The van der Waals surface area contributed by atoms with E-state index >= 15 is 0 Å². The van der Waals surface area contributed by atoms with Crippen LogP contribution in [0.4, 0.5) is 5.69 Å². The Morgan fingerprint density at radius 3 is 2.93 bits per heavy atom. The molecule has 1 aromatic carbocycles. The maximum atomic E-state index is 7.15. The zero-order chi connectivity index (χ0) is 11.3. The van der Waals surface area contributed by atoms with Gasteiger partial charge in [0.25, 0.3) is 0 Å². The fourth-order valence-corrected chi connectivity index (χ4v) is 1.11. The van der Waals surface area contributed by atoms with Gasteiger partial charge in [0.1, 0.15) is 5.75 Å². The van der Waals surface area contributed by atoms with E-state index in [-0.39, 0.29) is 0 Å². The van der Waals surface area contributed by atoms with Gasteiger partial charge in [-0.15, -0.1) is 6.58 Å². The van der Waals surface area contributed by atoms with Crippen LogP contribution >= 0.6 is 0 Å². The second kappa shape index (κ2) is 5.20. The van der Waals surface area contributed by atoms with E-state index < -0.39 is 0 Å². The van der Waals surface area contributed by atoms with Crippen molar-refractivity contribution in [3.63, 3.8) is 0 Å². The first kappa shape index (κ1) is 11.3. The lowest BCUT2D eigenvalue weighted by Gasteiger charge is -2.07. The van der Waals surface area contributed by atoms with Crippen molar-refractivity contribution in [2.24, 2.45) is 0 Å². The Balaban J connectivity index is 2.62. The van der Waals surface area contributed by atoms with Crippen LogP contribution in [0.1, 0.15) is 18.9 Å². The van der Waals surface area contributed by atoms with E-state index in [1.165, 1.54) is 6.21 Å². The summed E-state index contributed by atoms with van der Waals surface area (Å²) in [4.78, 5) is 0. The molecule has 0 amide bonds. The number of nitrogens with one attached hydrogen (secondary N) is 1. The summed E-state index contributed by atoms with van der Waals surface area (Å²) in [6.45, 7) is 6.37. The van der Waals surface area contributed by atoms with Gasteiger partial charge in [0.2, 0.25) is 0 Å². The van der Waals surface area contributed by atoms with Crippen molar-refractivity contribution in [1.29, 1.82) is 5.41 Å². The van der Waals surface area contributed by atoms with E-state index in [1.807, 2.05) is 6.92 Å². The number of nitrogens with two attached hydrogens (primary N) is 1. The third-order valence-electron chi connectivity index (χ3n) is 2.01. The number of anilines is 1. The summed E-state index contributed by atoms with van der Waals surface area (Å²) < 4.78 is 5.49. The molecule has 0 spiro atoms. The third kappa shape index (κ3) is 3.46. The van der Waals surface area contributed by atoms with Gasteiger partial charge in [0.05, 0.1) is 6.61 Å². The van der Waals surface area contributed by atoms with Gasteiger partial charge in [-0.05, 0) is 25.1 Å². The summed E-state index contributed by atoms with van der Waals surface area (Å²) in [5.41, 5.74) is 8.03. The SMILES string of the molecule is C=C(C)CCOc1ccc(N)c(C=N)c1. The molecule has 0 aliphatic carbocycles. The highest BCUT2D eigenvalue weighted by Crippen LogP contribution is 2.18. The van der Waals surface area contributed by atoms with Gasteiger partial charge in [0.15, 0.2) is 0 Å². The summed E-state index contributed by atoms with van der Waals surface area (Å²) in [5, 5.41) is 7.15. The van der Waals surface area contributed by atoms with E-state index in [2.05, 4.69) is 6.58 Å². The molecular formula is C12H16N2O. The van der Waals surface area contributed by atoms with Crippen molar-refractivity contribution in [2.45, 2.75) is 13.3 Å². The molecule has 80 valence electrons. The van der Waals surface area contributed by atoms with Crippen molar-refractivity contribution in [2.75, 3.05) is 12.3 Å². The average Bonchev–Trinajstić information content (AvgIpc) is 2.20. The number of hydrogen-bond donors (Lipinski definition) is 2. The van der Waals surface area contributed by atoms with Crippen molar-refractivity contribution >= 4 is 11.9 Å². The molecule has 0 heterocycles. The third-order valence-corrected chi connectivity index (χ3v) is 2.01. The van der Waals surface area contributed by atoms with Gasteiger partial charge in [0, 0.05) is 23.9 Å². The van der Waals surface area contributed by atoms with Crippen LogP contribution < -0.4 is 10.5 Å². The lowest BCUT2D eigenvalue weighted by molar-refractivity contribution is 0.322. The minimum Gasteiger partial charge on any atom is -0.493 e. The molecule has 0 bridgehead atoms. The largest absolute Gasteiger partial charge is 0.493 e. The Morgan fingerprint density at radius 1 is 1.60 bits per heavy atom. The van der Waals surface area contributed by atoms with Crippen LogP contribution in [-0.4, -0.2) is 12.8 Å². The Hall–Kier alpha value is -1.77. The van der Waals surface area contributed by atoms with Gasteiger partial charge < -0.3 is 15.9 Å². The van der Waals surface area contributed by atoms with Crippen molar-refractivity contribution in [3.05, 3.63) is 35.9 Å². The van der Waals surface area contributed by atoms with Crippen LogP contribution in [0.5, 0.6) is 5.75 Å². The molecule has 0 fully saturated rings. The monoisotopic (exact) mass is 204 g/mol.